The Bertz CT molecular complexity index is 532. The molecule has 0 radical (unpaired) electrons. The predicted octanol–water partition coefficient (Wildman–Crippen LogP) is 0.864. The van der Waals surface area contributed by atoms with Gasteiger partial charge in [-0.2, -0.15) is 0 Å². The Labute approximate surface area is 93.9 Å². The lowest BCUT2D eigenvalue weighted by Gasteiger charge is -2.13. The molecule has 1 aromatic carbocycles. The van der Waals surface area contributed by atoms with Crippen molar-refractivity contribution in [3.8, 4) is 0 Å². The molecule has 0 fully saturated rings. The van der Waals surface area contributed by atoms with Crippen LogP contribution in [0.2, 0.25) is 0 Å². The number of carbonyl (C=O) groups excluding carboxylic acids is 1. The van der Waals surface area contributed by atoms with E-state index in [0.717, 1.165) is 6.08 Å². The average Bonchev–Trinajstić information content (AvgIpc) is 2.30. The normalized spacial score (nSPS) is 16.5. The van der Waals surface area contributed by atoms with Crippen LogP contribution in [0.15, 0.2) is 46.2 Å². The molecule has 1 amide bonds. The maximum Gasteiger partial charge on any atom is 0.244 e. The lowest BCUT2D eigenvalue weighted by Crippen LogP contribution is -2.29. The molecule has 0 unspecified atom stereocenters. The van der Waals surface area contributed by atoms with E-state index < -0.39 is 9.84 Å². The predicted molar refractivity (Wildman–Crippen MR) is 59.3 cm³/mol. The third kappa shape index (κ3) is 1.99. The van der Waals surface area contributed by atoms with E-state index in [2.05, 4.69) is 5.32 Å². The van der Waals surface area contributed by atoms with Gasteiger partial charge in [-0.3, -0.25) is 4.79 Å². The van der Waals surface area contributed by atoms with Gasteiger partial charge < -0.3 is 5.32 Å². The quantitative estimate of drug-likeness (QED) is 0.830. The van der Waals surface area contributed by atoms with Crippen molar-refractivity contribution in [1.29, 1.82) is 0 Å². The Morgan fingerprint density at radius 3 is 2.44 bits per heavy atom. The number of hydrogen-bond acceptors (Lipinski definition) is 3. The second-order valence-corrected chi connectivity index (χ2v) is 5.47. The Kier molecular flexibility index (Phi) is 2.78. The van der Waals surface area contributed by atoms with Crippen LogP contribution in [-0.4, -0.2) is 20.9 Å². The summed E-state index contributed by atoms with van der Waals surface area (Å²) in [4.78, 5) is 11.5. The number of nitrogens with one attached hydrogen (secondary N) is 1. The summed E-state index contributed by atoms with van der Waals surface area (Å²) in [5, 5.41) is 2.56. The summed E-state index contributed by atoms with van der Waals surface area (Å²) in [5.41, 5.74) is 0. The highest BCUT2D eigenvalue weighted by molar-refractivity contribution is 7.95. The van der Waals surface area contributed by atoms with Crippen LogP contribution in [0.5, 0.6) is 0 Å². The second-order valence-electron chi connectivity index (χ2n) is 3.47. The molecule has 0 aliphatic carbocycles. The molecule has 16 heavy (non-hydrogen) atoms. The summed E-state index contributed by atoms with van der Waals surface area (Å²) in [5.74, 6) is -0.347. The molecule has 4 nitrogen and oxygen atoms in total. The van der Waals surface area contributed by atoms with E-state index in [4.69, 9.17) is 0 Å². The summed E-state index contributed by atoms with van der Waals surface area (Å²) < 4.78 is 24.2. The highest BCUT2D eigenvalue weighted by Crippen LogP contribution is 2.22. The van der Waals surface area contributed by atoms with E-state index >= 15 is 0 Å². The SMILES string of the molecule is O=C1C=C(S(=O)(=O)c2ccccc2)CCN1. The van der Waals surface area contributed by atoms with Gasteiger partial charge in [-0.15, -0.1) is 0 Å². The second kappa shape index (κ2) is 4.09. The molecule has 1 aliphatic heterocycles. The van der Waals surface area contributed by atoms with Gasteiger partial charge in [-0.05, 0) is 12.1 Å². The summed E-state index contributed by atoms with van der Waals surface area (Å²) in [6, 6.07) is 8.14. The van der Waals surface area contributed by atoms with Gasteiger partial charge in [0.25, 0.3) is 0 Å². The van der Waals surface area contributed by atoms with Crippen molar-refractivity contribution in [3.05, 3.63) is 41.3 Å². The van der Waals surface area contributed by atoms with Crippen LogP contribution >= 0.6 is 0 Å². The third-order valence-corrected chi connectivity index (χ3v) is 4.27. The fourth-order valence-corrected chi connectivity index (χ4v) is 2.99. The monoisotopic (exact) mass is 237 g/mol. The molecular weight excluding hydrogens is 226 g/mol. The minimum absolute atomic E-state index is 0.183. The largest absolute Gasteiger partial charge is 0.352 e. The molecule has 0 spiro atoms. The minimum Gasteiger partial charge on any atom is -0.352 e. The van der Waals surface area contributed by atoms with Crippen molar-refractivity contribution >= 4 is 15.7 Å². The van der Waals surface area contributed by atoms with Crippen molar-refractivity contribution in [2.24, 2.45) is 0 Å². The van der Waals surface area contributed by atoms with Crippen molar-refractivity contribution in [2.75, 3.05) is 6.54 Å². The first-order chi connectivity index (χ1) is 7.60. The summed E-state index contributed by atoms with van der Waals surface area (Å²) in [7, 11) is -3.49. The van der Waals surface area contributed by atoms with Crippen molar-refractivity contribution in [2.45, 2.75) is 11.3 Å². The number of amides is 1. The third-order valence-electron chi connectivity index (χ3n) is 2.36. The Morgan fingerprint density at radius 1 is 1.12 bits per heavy atom. The van der Waals surface area contributed by atoms with Crippen LogP contribution in [0.4, 0.5) is 0 Å². The number of hydrogen-bond donors (Lipinski definition) is 1. The number of rotatable bonds is 2. The number of carbonyl (C=O) groups is 1. The van der Waals surface area contributed by atoms with Crippen molar-refractivity contribution in [1.82, 2.24) is 5.32 Å². The van der Waals surface area contributed by atoms with Gasteiger partial charge >= 0.3 is 0 Å². The van der Waals surface area contributed by atoms with E-state index in [0.29, 0.717) is 13.0 Å². The maximum absolute atomic E-state index is 12.1. The number of sulfone groups is 1. The fourth-order valence-electron chi connectivity index (χ4n) is 1.54. The van der Waals surface area contributed by atoms with E-state index in [1.807, 2.05) is 0 Å². The molecule has 2 rings (SSSR count). The standard InChI is InChI=1S/C11H11NO3S/c13-11-8-10(6-7-12-11)16(14,15)9-4-2-1-3-5-9/h1-5,8H,6-7H2,(H,12,13). The highest BCUT2D eigenvalue weighted by atomic mass is 32.2. The summed E-state index contributed by atoms with van der Waals surface area (Å²) in [6.45, 7) is 0.372. The highest BCUT2D eigenvalue weighted by Gasteiger charge is 2.23. The molecule has 0 bridgehead atoms. The van der Waals surface area contributed by atoms with E-state index in [1.165, 1.54) is 12.1 Å². The molecule has 0 saturated heterocycles. The van der Waals surface area contributed by atoms with E-state index in [-0.39, 0.29) is 15.7 Å². The molecule has 1 aliphatic rings. The molecule has 0 aromatic heterocycles. The zero-order valence-electron chi connectivity index (χ0n) is 8.51. The summed E-state index contributed by atoms with van der Waals surface area (Å²) in [6.07, 6.45) is 1.51. The van der Waals surface area contributed by atoms with Gasteiger partial charge in [-0.25, -0.2) is 8.42 Å². The lowest BCUT2D eigenvalue weighted by atomic mass is 10.3. The number of benzene rings is 1. The fraction of sp³-hybridized carbons (Fsp3) is 0.182. The zero-order valence-corrected chi connectivity index (χ0v) is 9.33. The molecule has 1 aromatic rings. The first-order valence-corrected chi connectivity index (χ1v) is 6.37. The Balaban J connectivity index is 2.44. The zero-order chi connectivity index (χ0) is 11.6. The van der Waals surface area contributed by atoms with Crippen LogP contribution in [-0.2, 0) is 14.6 Å². The van der Waals surface area contributed by atoms with Crippen LogP contribution in [0, 0.1) is 0 Å². The Morgan fingerprint density at radius 2 is 1.81 bits per heavy atom. The first-order valence-electron chi connectivity index (χ1n) is 4.89. The van der Waals surface area contributed by atoms with Gasteiger partial charge in [0.15, 0.2) is 0 Å². The summed E-state index contributed by atoms with van der Waals surface area (Å²) >= 11 is 0. The van der Waals surface area contributed by atoms with Gasteiger partial charge in [-0.1, -0.05) is 18.2 Å². The molecule has 0 saturated carbocycles. The topological polar surface area (TPSA) is 63.2 Å². The van der Waals surface area contributed by atoms with Crippen LogP contribution in [0.1, 0.15) is 6.42 Å². The van der Waals surface area contributed by atoms with Crippen LogP contribution < -0.4 is 5.32 Å². The van der Waals surface area contributed by atoms with E-state index in [1.54, 1.807) is 18.2 Å². The lowest BCUT2D eigenvalue weighted by molar-refractivity contribution is -0.116. The average molecular weight is 237 g/mol. The molecule has 1 N–H and O–H groups in total. The molecule has 84 valence electrons. The van der Waals surface area contributed by atoms with Crippen molar-refractivity contribution < 1.29 is 13.2 Å². The van der Waals surface area contributed by atoms with Gasteiger partial charge in [0.2, 0.25) is 15.7 Å². The maximum atomic E-state index is 12.1. The van der Waals surface area contributed by atoms with Gasteiger partial charge in [0, 0.05) is 19.0 Å². The van der Waals surface area contributed by atoms with Crippen LogP contribution in [0.25, 0.3) is 0 Å². The van der Waals surface area contributed by atoms with Gasteiger partial charge in [0.05, 0.1) is 9.80 Å². The smallest absolute Gasteiger partial charge is 0.244 e. The molecule has 5 heteroatoms. The first kappa shape index (κ1) is 10.9. The van der Waals surface area contributed by atoms with Crippen molar-refractivity contribution in [3.63, 3.8) is 0 Å². The minimum atomic E-state index is -3.49. The Hall–Kier alpha value is -1.62. The van der Waals surface area contributed by atoms with Crippen LogP contribution in [0.3, 0.4) is 0 Å². The molecule has 1 heterocycles. The van der Waals surface area contributed by atoms with E-state index in [9.17, 15) is 13.2 Å². The molecule has 0 atom stereocenters. The molecular formula is C11H11NO3S. The van der Waals surface area contributed by atoms with Gasteiger partial charge in [0.1, 0.15) is 0 Å².